The Hall–Kier alpha value is -4.14. The first-order valence-corrected chi connectivity index (χ1v) is 11.1. The Labute approximate surface area is 195 Å². The van der Waals surface area contributed by atoms with Gasteiger partial charge in [-0.15, -0.1) is 10.2 Å². The number of benzene rings is 1. The summed E-state index contributed by atoms with van der Waals surface area (Å²) in [6, 6.07) is 13.0. The van der Waals surface area contributed by atoms with Gasteiger partial charge in [0.15, 0.2) is 5.82 Å². The molecule has 1 aromatic carbocycles. The van der Waals surface area contributed by atoms with Crippen molar-refractivity contribution in [1.29, 1.82) is 0 Å². The molecule has 0 radical (unpaired) electrons. The van der Waals surface area contributed by atoms with Crippen LogP contribution in [0.4, 0.5) is 10.2 Å². The standard InChI is InChI=1S/C25H23FN6O2/c1-15(2)32-14-28-31-24(32)21-4-3-5-22(29-21)30-25(33)19-12-18(9-10-20(19)26)34-23-11-8-17(13-27-23)16-6-7-16/h3-5,8-16H,6-7H2,1-2H3,(H,29,30,33). The third kappa shape index (κ3) is 4.63. The average Bonchev–Trinajstić information content (AvgIpc) is 3.56. The molecule has 0 bridgehead atoms. The zero-order chi connectivity index (χ0) is 23.7. The van der Waals surface area contributed by atoms with E-state index in [1.807, 2.05) is 24.5 Å². The van der Waals surface area contributed by atoms with Crippen LogP contribution in [0.1, 0.15) is 54.6 Å². The number of carbonyl (C=O) groups is 1. The second kappa shape index (κ2) is 9.01. The van der Waals surface area contributed by atoms with E-state index in [4.69, 9.17) is 4.74 Å². The van der Waals surface area contributed by atoms with Crippen molar-refractivity contribution >= 4 is 11.7 Å². The first-order valence-electron chi connectivity index (χ1n) is 11.1. The number of anilines is 1. The summed E-state index contributed by atoms with van der Waals surface area (Å²) in [7, 11) is 0. The number of pyridine rings is 2. The molecule has 9 heteroatoms. The van der Waals surface area contributed by atoms with Crippen LogP contribution >= 0.6 is 0 Å². The lowest BCUT2D eigenvalue weighted by atomic mass is 10.2. The second-order valence-corrected chi connectivity index (χ2v) is 8.47. The summed E-state index contributed by atoms with van der Waals surface area (Å²) in [4.78, 5) is 21.6. The summed E-state index contributed by atoms with van der Waals surface area (Å²) in [5, 5.41) is 10.7. The Kier molecular flexibility index (Phi) is 5.75. The number of nitrogens with zero attached hydrogens (tertiary/aromatic N) is 5. The number of carbonyl (C=O) groups excluding carboxylic acids is 1. The van der Waals surface area contributed by atoms with Crippen LogP contribution < -0.4 is 10.1 Å². The van der Waals surface area contributed by atoms with Crippen molar-refractivity contribution < 1.29 is 13.9 Å². The summed E-state index contributed by atoms with van der Waals surface area (Å²) >= 11 is 0. The first kappa shape index (κ1) is 21.7. The van der Waals surface area contributed by atoms with Crippen molar-refractivity contribution in [3.63, 3.8) is 0 Å². The average molecular weight is 458 g/mol. The minimum atomic E-state index is -0.669. The molecule has 1 aliphatic rings. The number of rotatable bonds is 7. The fraction of sp³-hybridized carbons (Fsp3) is 0.240. The van der Waals surface area contributed by atoms with Gasteiger partial charge in [-0.25, -0.2) is 14.4 Å². The van der Waals surface area contributed by atoms with Crippen LogP contribution in [0.2, 0.25) is 0 Å². The zero-order valence-corrected chi connectivity index (χ0v) is 18.8. The van der Waals surface area contributed by atoms with Crippen LogP contribution in [0.15, 0.2) is 61.1 Å². The van der Waals surface area contributed by atoms with Crippen molar-refractivity contribution in [3.05, 3.63) is 78.0 Å². The highest BCUT2D eigenvalue weighted by molar-refractivity contribution is 6.04. The molecule has 0 spiro atoms. The predicted octanol–water partition coefficient (Wildman–Crippen LogP) is 5.38. The number of halogens is 1. The minimum absolute atomic E-state index is 0.140. The molecule has 5 rings (SSSR count). The number of amides is 1. The van der Waals surface area contributed by atoms with Crippen molar-refractivity contribution in [2.75, 3.05) is 5.32 Å². The van der Waals surface area contributed by atoms with E-state index in [0.717, 1.165) is 0 Å². The Balaban J connectivity index is 1.33. The molecule has 34 heavy (non-hydrogen) atoms. The summed E-state index contributed by atoms with van der Waals surface area (Å²) in [6.45, 7) is 4.01. The van der Waals surface area contributed by atoms with Crippen LogP contribution in [-0.4, -0.2) is 30.6 Å². The largest absolute Gasteiger partial charge is 0.439 e. The van der Waals surface area contributed by atoms with E-state index in [2.05, 4.69) is 25.5 Å². The highest BCUT2D eigenvalue weighted by Crippen LogP contribution is 2.40. The normalized spacial score (nSPS) is 13.2. The van der Waals surface area contributed by atoms with E-state index in [1.54, 1.807) is 36.8 Å². The molecule has 1 aliphatic carbocycles. The van der Waals surface area contributed by atoms with Gasteiger partial charge in [0.25, 0.3) is 5.91 Å². The number of hydrogen-bond acceptors (Lipinski definition) is 6. The summed E-state index contributed by atoms with van der Waals surface area (Å²) in [5.74, 6) is 0.816. The predicted molar refractivity (Wildman–Crippen MR) is 124 cm³/mol. The Morgan fingerprint density at radius 1 is 1.18 bits per heavy atom. The van der Waals surface area contributed by atoms with Crippen LogP contribution in [0.25, 0.3) is 11.5 Å². The summed E-state index contributed by atoms with van der Waals surface area (Å²) in [5.41, 5.74) is 1.57. The maximum absolute atomic E-state index is 14.5. The molecule has 1 fully saturated rings. The fourth-order valence-electron chi connectivity index (χ4n) is 3.59. The molecule has 3 heterocycles. The van der Waals surface area contributed by atoms with Gasteiger partial charge >= 0.3 is 0 Å². The third-order valence-electron chi connectivity index (χ3n) is 5.56. The van der Waals surface area contributed by atoms with Crippen molar-refractivity contribution in [3.8, 4) is 23.1 Å². The molecule has 172 valence electrons. The van der Waals surface area contributed by atoms with Crippen LogP contribution in [0, 0.1) is 5.82 Å². The van der Waals surface area contributed by atoms with E-state index < -0.39 is 11.7 Å². The van der Waals surface area contributed by atoms with Gasteiger partial charge in [-0.3, -0.25) is 4.79 Å². The Bertz CT molecular complexity index is 1330. The van der Waals surface area contributed by atoms with Gasteiger partial charge in [-0.05, 0) is 68.5 Å². The molecule has 8 nitrogen and oxygen atoms in total. The smallest absolute Gasteiger partial charge is 0.259 e. The van der Waals surface area contributed by atoms with Gasteiger partial charge in [-0.1, -0.05) is 12.1 Å². The monoisotopic (exact) mass is 458 g/mol. The van der Waals surface area contributed by atoms with Gasteiger partial charge in [0, 0.05) is 18.3 Å². The molecule has 3 aromatic heterocycles. The SMILES string of the molecule is CC(C)n1cnnc1-c1cccc(NC(=O)c2cc(Oc3ccc(C4CC4)cn3)ccc2F)n1. The number of hydrogen-bond donors (Lipinski definition) is 1. The molecule has 0 aliphatic heterocycles. The van der Waals surface area contributed by atoms with E-state index in [-0.39, 0.29) is 17.4 Å². The van der Waals surface area contributed by atoms with E-state index in [0.29, 0.717) is 29.1 Å². The van der Waals surface area contributed by atoms with Crippen LogP contribution in [0.3, 0.4) is 0 Å². The van der Waals surface area contributed by atoms with Gasteiger partial charge in [0.1, 0.15) is 29.4 Å². The quantitative estimate of drug-likeness (QED) is 0.400. The van der Waals surface area contributed by atoms with E-state index in [9.17, 15) is 9.18 Å². The second-order valence-electron chi connectivity index (χ2n) is 8.47. The number of nitrogens with one attached hydrogen (secondary N) is 1. The van der Waals surface area contributed by atoms with Crippen molar-refractivity contribution in [1.82, 2.24) is 24.7 Å². The Morgan fingerprint density at radius 3 is 2.76 bits per heavy atom. The minimum Gasteiger partial charge on any atom is -0.439 e. The van der Waals surface area contributed by atoms with Crippen molar-refractivity contribution in [2.45, 2.75) is 38.6 Å². The fourth-order valence-corrected chi connectivity index (χ4v) is 3.59. The first-order chi connectivity index (χ1) is 16.5. The van der Waals surface area contributed by atoms with Gasteiger partial charge < -0.3 is 14.6 Å². The lowest BCUT2D eigenvalue weighted by Crippen LogP contribution is -2.15. The van der Waals surface area contributed by atoms with Gasteiger partial charge in [-0.2, -0.15) is 0 Å². The third-order valence-corrected chi connectivity index (χ3v) is 5.56. The number of aromatic nitrogens is 5. The summed E-state index contributed by atoms with van der Waals surface area (Å²) in [6.07, 6.45) is 5.80. The van der Waals surface area contributed by atoms with E-state index in [1.165, 1.54) is 36.6 Å². The van der Waals surface area contributed by atoms with Gasteiger partial charge in [0.05, 0.1) is 5.56 Å². The molecule has 1 saturated carbocycles. The molecular formula is C25H23FN6O2. The van der Waals surface area contributed by atoms with Crippen LogP contribution in [0.5, 0.6) is 11.6 Å². The number of ether oxygens (including phenoxy) is 1. The van der Waals surface area contributed by atoms with Gasteiger partial charge in [0.2, 0.25) is 5.88 Å². The molecular weight excluding hydrogens is 435 g/mol. The molecule has 1 amide bonds. The molecule has 0 unspecified atom stereocenters. The highest BCUT2D eigenvalue weighted by atomic mass is 19.1. The molecule has 0 saturated heterocycles. The lowest BCUT2D eigenvalue weighted by molar-refractivity contribution is 0.102. The summed E-state index contributed by atoms with van der Waals surface area (Å²) < 4.78 is 22.1. The molecule has 4 aromatic rings. The van der Waals surface area contributed by atoms with Crippen molar-refractivity contribution in [2.24, 2.45) is 0 Å². The Morgan fingerprint density at radius 2 is 2.03 bits per heavy atom. The van der Waals surface area contributed by atoms with E-state index >= 15 is 0 Å². The molecule has 0 atom stereocenters. The maximum atomic E-state index is 14.5. The van der Waals surface area contributed by atoms with Crippen LogP contribution in [-0.2, 0) is 0 Å². The highest BCUT2D eigenvalue weighted by Gasteiger charge is 2.23. The molecule has 1 N–H and O–H groups in total. The topological polar surface area (TPSA) is 94.8 Å². The zero-order valence-electron chi connectivity index (χ0n) is 18.8. The maximum Gasteiger partial charge on any atom is 0.259 e. The lowest BCUT2D eigenvalue weighted by Gasteiger charge is -2.11.